The van der Waals surface area contributed by atoms with Crippen molar-refractivity contribution < 1.29 is 4.79 Å². The molecular weight excluding hydrogens is 254 g/mol. The molecule has 0 aliphatic carbocycles. The second kappa shape index (κ2) is 5.83. The molecule has 1 aliphatic heterocycles. The van der Waals surface area contributed by atoms with E-state index in [2.05, 4.69) is 20.7 Å². The lowest BCUT2D eigenvalue weighted by atomic mass is 10.2. The molecule has 2 heterocycles. The summed E-state index contributed by atoms with van der Waals surface area (Å²) in [6.45, 7) is 1.46. The van der Waals surface area contributed by atoms with Gasteiger partial charge in [0.05, 0.1) is 11.7 Å². The van der Waals surface area contributed by atoms with Crippen LogP contribution in [0, 0.1) is 0 Å². The number of nitrogens with one attached hydrogen (secondary N) is 2. The number of aromatic nitrogens is 3. The van der Waals surface area contributed by atoms with Crippen molar-refractivity contribution in [3.8, 4) is 5.69 Å². The van der Waals surface area contributed by atoms with Crippen LogP contribution in [0.25, 0.3) is 5.69 Å². The lowest BCUT2D eigenvalue weighted by molar-refractivity contribution is -0.122. The van der Waals surface area contributed by atoms with E-state index >= 15 is 0 Å². The molecule has 3 rings (SSSR count). The zero-order valence-corrected chi connectivity index (χ0v) is 11.1. The maximum Gasteiger partial charge on any atom is 0.237 e. The molecular formula is C14H17N5O. The molecule has 2 N–H and O–H groups in total. The predicted octanol–water partition coefficient (Wildman–Crippen LogP) is 0.635. The number of benzene rings is 1. The SMILES string of the molecule is O=C(NCc1cccc(-n2cncn2)c1)C1CCCN1. The van der Waals surface area contributed by atoms with Gasteiger partial charge in [-0.1, -0.05) is 12.1 Å². The number of carbonyl (C=O) groups excluding carboxylic acids is 1. The Morgan fingerprint density at radius 2 is 2.45 bits per heavy atom. The first kappa shape index (κ1) is 12.8. The van der Waals surface area contributed by atoms with Gasteiger partial charge in [0, 0.05) is 6.54 Å². The van der Waals surface area contributed by atoms with E-state index in [4.69, 9.17) is 0 Å². The third-order valence-electron chi connectivity index (χ3n) is 3.44. The number of hydrogen-bond donors (Lipinski definition) is 2. The molecule has 104 valence electrons. The normalized spacial score (nSPS) is 18.1. The minimum atomic E-state index is -0.0338. The summed E-state index contributed by atoms with van der Waals surface area (Å²) in [4.78, 5) is 15.9. The third-order valence-corrected chi connectivity index (χ3v) is 3.44. The van der Waals surface area contributed by atoms with Crippen LogP contribution in [0.4, 0.5) is 0 Å². The van der Waals surface area contributed by atoms with Gasteiger partial charge in [-0.15, -0.1) is 0 Å². The summed E-state index contributed by atoms with van der Waals surface area (Å²) >= 11 is 0. The van der Waals surface area contributed by atoms with Gasteiger partial charge in [0.25, 0.3) is 0 Å². The average Bonchev–Trinajstić information content (AvgIpc) is 3.17. The van der Waals surface area contributed by atoms with Crippen molar-refractivity contribution in [2.45, 2.75) is 25.4 Å². The number of amides is 1. The highest BCUT2D eigenvalue weighted by Crippen LogP contribution is 2.09. The van der Waals surface area contributed by atoms with Crippen molar-refractivity contribution in [3.63, 3.8) is 0 Å². The first-order valence-corrected chi connectivity index (χ1v) is 6.78. The van der Waals surface area contributed by atoms with Crippen LogP contribution in [0.15, 0.2) is 36.9 Å². The van der Waals surface area contributed by atoms with Gasteiger partial charge in [0.1, 0.15) is 12.7 Å². The van der Waals surface area contributed by atoms with Crippen LogP contribution < -0.4 is 10.6 Å². The van der Waals surface area contributed by atoms with Crippen molar-refractivity contribution in [3.05, 3.63) is 42.5 Å². The van der Waals surface area contributed by atoms with Gasteiger partial charge >= 0.3 is 0 Å². The topological polar surface area (TPSA) is 71.8 Å². The second-order valence-electron chi connectivity index (χ2n) is 4.88. The van der Waals surface area contributed by atoms with Crippen molar-refractivity contribution >= 4 is 5.91 Å². The number of rotatable bonds is 4. The summed E-state index contributed by atoms with van der Waals surface area (Å²) in [6, 6.07) is 7.86. The Labute approximate surface area is 117 Å². The molecule has 6 nitrogen and oxygen atoms in total. The number of carbonyl (C=O) groups is 1. The fraction of sp³-hybridized carbons (Fsp3) is 0.357. The Kier molecular flexibility index (Phi) is 3.73. The van der Waals surface area contributed by atoms with Crippen LogP contribution in [-0.4, -0.2) is 33.3 Å². The zero-order valence-electron chi connectivity index (χ0n) is 11.1. The summed E-state index contributed by atoms with van der Waals surface area (Å²) in [7, 11) is 0. The molecule has 2 aromatic rings. The largest absolute Gasteiger partial charge is 0.351 e. The fourth-order valence-electron chi connectivity index (χ4n) is 2.37. The third kappa shape index (κ3) is 2.85. The van der Waals surface area contributed by atoms with Crippen LogP contribution in [0.3, 0.4) is 0 Å². The molecule has 1 atom stereocenters. The van der Waals surface area contributed by atoms with Crippen LogP contribution in [0.2, 0.25) is 0 Å². The van der Waals surface area contributed by atoms with Gasteiger partial charge in [-0.25, -0.2) is 9.67 Å². The van der Waals surface area contributed by atoms with E-state index in [1.165, 1.54) is 6.33 Å². The van der Waals surface area contributed by atoms with E-state index in [-0.39, 0.29) is 11.9 Å². The Morgan fingerprint density at radius 1 is 1.50 bits per heavy atom. The molecule has 1 unspecified atom stereocenters. The quantitative estimate of drug-likeness (QED) is 0.856. The highest BCUT2D eigenvalue weighted by Gasteiger charge is 2.21. The Hall–Kier alpha value is -2.21. The standard InChI is InChI=1S/C14H17N5O/c20-14(13-5-2-6-16-13)17-8-11-3-1-4-12(7-11)19-10-15-9-18-19/h1,3-4,7,9-10,13,16H,2,5-6,8H2,(H,17,20). The van der Waals surface area contributed by atoms with Crippen LogP contribution in [0.1, 0.15) is 18.4 Å². The fourth-order valence-corrected chi connectivity index (χ4v) is 2.37. The Bertz CT molecular complexity index is 575. The minimum Gasteiger partial charge on any atom is -0.351 e. The lowest BCUT2D eigenvalue weighted by Crippen LogP contribution is -2.40. The first-order valence-electron chi connectivity index (χ1n) is 6.78. The molecule has 1 aromatic carbocycles. The number of hydrogen-bond acceptors (Lipinski definition) is 4. The summed E-state index contributed by atoms with van der Waals surface area (Å²) in [5.41, 5.74) is 1.98. The Morgan fingerprint density at radius 3 is 3.20 bits per heavy atom. The molecule has 1 saturated heterocycles. The van der Waals surface area contributed by atoms with Gasteiger partial charge in [-0.3, -0.25) is 4.79 Å². The predicted molar refractivity (Wildman–Crippen MR) is 74.2 cm³/mol. The second-order valence-corrected chi connectivity index (χ2v) is 4.88. The number of nitrogens with zero attached hydrogens (tertiary/aromatic N) is 3. The van der Waals surface area contributed by atoms with E-state index in [0.717, 1.165) is 30.6 Å². The molecule has 0 bridgehead atoms. The van der Waals surface area contributed by atoms with Gasteiger partial charge in [0.2, 0.25) is 5.91 Å². The summed E-state index contributed by atoms with van der Waals surface area (Å²) < 4.78 is 1.70. The van der Waals surface area contributed by atoms with Crippen LogP contribution in [0.5, 0.6) is 0 Å². The first-order chi connectivity index (χ1) is 9.83. The van der Waals surface area contributed by atoms with E-state index in [1.807, 2.05) is 24.3 Å². The minimum absolute atomic E-state index is 0.0338. The molecule has 6 heteroatoms. The summed E-state index contributed by atoms with van der Waals surface area (Å²) in [5.74, 6) is 0.0775. The molecule has 1 fully saturated rings. The smallest absolute Gasteiger partial charge is 0.237 e. The van der Waals surface area contributed by atoms with Gasteiger partial charge in [-0.2, -0.15) is 5.10 Å². The summed E-state index contributed by atoms with van der Waals surface area (Å²) in [6.07, 6.45) is 5.14. The average molecular weight is 271 g/mol. The van der Waals surface area contributed by atoms with E-state index in [9.17, 15) is 4.79 Å². The van der Waals surface area contributed by atoms with Gasteiger partial charge in [0.15, 0.2) is 0 Å². The van der Waals surface area contributed by atoms with Gasteiger partial charge in [-0.05, 0) is 37.1 Å². The maximum atomic E-state index is 11.9. The van der Waals surface area contributed by atoms with Gasteiger partial charge < -0.3 is 10.6 Å². The van der Waals surface area contributed by atoms with Crippen molar-refractivity contribution in [1.82, 2.24) is 25.4 Å². The highest BCUT2D eigenvalue weighted by molar-refractivity contribution is 5.81. The summed E-state index contributed by atoms with van der Waals surface area (Å²) in [5, 5.41) is 10.3. The molecule has 0 saturated carbocycles. The van der Waals surface area contributed by atoms with E-state index < -0.39 is 0 Å². The van der Waals surface area contributed by atoms with E-state index in [0.29, 0.717) is 6.54 Å². The molecule has 1 aromatic heterocycles. The van der Waals surface area contributed by atoms with Crippen LogP contribution in [-0.2, 0) is 11.3 Å². The monoisotopic (exact) mass is 271 g/mol. The van der Waals surface area contributed by atoms with Crippen LogP contribution >= 0.6 is 0 Å². The highest BCUT2D eigenvalue weighted by atomic mass is 16.2. The molecule has 0 radical (unpaired) electrons. The molecule has 0 spiro atoms. The molecule has 20 heavy (non-hydrogen) atoms. The lowest BCUT2D eigenvalue weighted by Gasteiger charge is -2.11. The zero-order chi connectivity index (χ0) is 13.8. The van der Waals surface area contributed by atoms with Crippen molar-refractivity contribution in [2.24, 2.45) is 0 Å². The molecule has 1 aliphatic rings. The van der Waals surface area contributed by atoms with E-state index in [1.54, 1.807) is 11.0 Å². The maximum absolute atomic E-state index is 11.9. The Balaban J connectivity index is 1.63. The van der Waals surface area contributed by atoms with Crippen molar-refractivity contribution in [2.75, 3.05) is 6.54 Å². The van der Waals surface area contributed by atoms with Crippen molar-refractivity contribution in [1.29, 1.82) is 0 Å². The molecule has 1 amide bonds.